The highest BCUT2D eigenvalue weighted by Gasteiger charge is 2.30. The molecule has 2 rings (SSSR count). The van der Waals surface area contributed by atoms with E-state index in [0.29, 0.717) is 0 Å². The average molecular weight is 328 g/mol. The molecule has 0 amide bonds. The Bertz CT molecular complexity index is 616. The molecule has 3 nitrogen and oxygen atoms in total. The third kappa shape index (κ3) is 5.20. The van der Waals surface area contributed by atoms with Crippen molar-refractivity contribution >= 4 is 5.97 Å². The number of hydrogen-bond donors (Lipinski definition) is 1. The lowest BCUT2D eigenvalue weighted by Crippen LogP contribution is -2.29. The molecule has 0 saturated heterocycles. The minimum absolute atomic E-state index is 0.110. The van der Waals surface area contributed by atoms with Crippen LogP contribution in [0, 0.1) is 0 Å². The van der Waals surface area contributed by atoms with Crippen LogP contribution in [0.4, 0.5) is 0 Å². The van der Waals surface area contributed by atoms with E-state index in [-0.39, 0.29) is 18.0 Å². The van der Waals surface area contributed by atoms with Gasteiger partial charge in [-0.05, 0) is 25.0 Å². The van der Waals surface area contributed by atoms with Gasteiger partial charge >= 0.3 is 5.97 Å². The lowest BCUT2D eigenvalue weighted by molar-refractivity contribution is -0.146. The predicted molar refractivity (Wildman–Crippen MR) is 98.0 cm³/mol. The molecule has 0 radical (unpaired) electrons. The van der Waals surface area contributed by atoms with Crippen LogP contribution < -0.4 is 0 Å². The molecule has 3 heteroatoms. The first-order valence-electron chi connectivity index (χ1n) is 8.06. The zero-order chi connectivity index (χ0) is 18.2. The topological polar surface area (TPSA) is 46.5 Å². The lowest BCUT2D eigenvalue weighted by atomic mass is 9.85. The molecule has 1 N–H and O–H groups in total. The maximum Gasteiger partial charge on any atom is 0.315 e. The minimum Gasteiger partial charge on any atom is -0.468 e. The molecule has 0 spiro atoms. The number of aliphatic hydroxyl groups is 1. The van der Waals surface area contributed by atoms with Gasteiger partial charge in [-0.2, -0.15) is 0 Å². The molecule has 2 aromatic carbocycles. The van der Waals surface area contributed by atoms with Crippen molar-refractivity contribution in [2.75, 3.05) is 13.7 Å². The minimum atomic E-state index is -0.560. The molecule has 0 unspecified atom stereocenters. The summed E-state index contributed by atoms with van der Waals surface area (Å²) in [7, 11) is 1.41. The molecule has 0 aliphatic rings. The first kappa shape index (κ1) is 19.9. The fourth-order valence-electron chi connectivity index (χ4n) is 2.21. The number of benzene rings is 2. The molecule has 0 aromatic heterocycles. The number of ether oxygens (including phenoxy) is 1. The quantitative estimate of drug-likeness (QED) is 0.860. The molecular weight excluding hydrogens is 300 g/mol. The number of esters is 1. The Hall–Kier alpha value is -2.13. The molecule has 0 saturated carbocycles. The largest absolute Gasteiger partial charge is 0.468 e. The van der Waals surface area contributed by atoms with Gasteiger partial charge in [-0.3, -0.25) is 4.79 Å². The third-order valence-corrected chi connectivity index (χ3v) is 4.14. The Balaban J connectivity index is 0.000000243. The Kier molecular flexibility index (Phi) is 7.18. The molecule has 0 heterocycles. The number of methoxy groups -OCH3 is 1. The third-order valence-electron chi connectivity index (χ3n) is 4.14. The maximum atomic E-state index is 11.4. The van der Waals surface area contributed by atoms with Crippen molar-refractivity contribution in [3.63, 3.8) is 0 Å². The molecule has 0 bridgehead atoms. The Labute approximate surface area is 145 Å². The lowest BCUT2D eigenvalue weighted by Gasteiger charge is -2.21. The second-order valence-electron chi connectivity index (χ2n) is 6.89. The van der Waals surface area contributed by atoms with Crippen molar-refractivity contribution in [1.82, 2.24) is 0 Å². The van der Waals surface area contributed by atoms with Crippen molar-refractivity contribution in [3.8, 4) is 0 Å². The maximum absolute atomic E-state index is 11.4. The van der Waals surface area contributed by atoms with Crippen LogP contribution in [0.5, 0.6) is 0 Å². The zero-order valence-corrected chi connectivity index (χ0v) is 15.2. The molecule has 0 atom stereocenters. The highest BCUT2D eigenvalue weighted by Crippen LogP contribution is 2.24. The summed E-state index contributed by atoms with van der Waals surface area (Å²) in [5.41, 5.74) is 1.49. The summed E-state index contributed by atoms with van der Waals surface area (Å²) in [6.07, 6.45) is 0. The van der Waals surface area contributed by atoms with Crippen molar-refractivity contribution in [2.45, 2.75) is 38.5 Å². The summed E-state index contributed by atoms with van der Waals surface area (Å²) in [4.78, 5) is 11.4. The molecule has 24 heavy (non-hydrogen) atoms. The molecule has 130 valence electrons. The Morgan fingerprint density at radius 2 is 1.29 bits per heavy atom. The molecule has 0 fully saturated rings. The van der Waals surface area contributed by atoms with E-state index in [1.165, 1.54) is 12.7 Å². The van der Waals surface area contributed by atoms with Crippen LogP contribution in [0.2, 0.25) is 0 Å². The van der Waals surface area contributed by atoms with Crippen LogP contribution in [0.25, 0.3) is 0 Å². The number of aliphatic hydroxyl groups excluding tert-OH is 1. The summed E-state index contributed by atoms with van der Waals surface area (Å²) in [5.74, 6) is -0.210. The Morgan fingerprint density at radius 3 is 1.67 bits per heavy atom. The number of hydrogen-bond acceptors (Lipinski definition) is 3. The predicted octanol–water partition coefficient (Wildman–Crippen LogP) is 4.09. The van der Waals surface area contributed by atoms with Gasteiger partial charge in [0.25, 0.3) is 0 Å². The van der Waals surface area contributed by atoms with Gasteiger partial charge in [0.2, 0.25) is 0 Å². The standard InChI is InChI=1S/C11H14O2.C10H14O/c1-11(2,10(12)13-3)9-7-5-4-6-8-9;1-10(2,8-11)9-6-4-3-5-7-9/h4-8H,1-3H3;3-7,11H,8H2,1-2H3. The van der Waals surface area contributed by atoms with E-state index >= 15 is 0 Å². The fraction of sp³-hybridized carbons (Fsp3) is 0.381. The van der Waals surface area contributed by atoms with Crippen molar-refractivity contribution in [2.24, 2.45) is 0 Å². The van der Waals surface area contributed by atoms with Crippen LogP contribution in [0.3, 0.4) is 0 Å². The summed E-state index contributed by atoms with van der Waals surface area (Å²) >= 11 is 0. The highest BCUT2D eigenvalue weighted by molar-refractivity contribution is 5.82. The van der Waals surface area contributed by atoms with Crippen LogP contribution in [-0.4, -0.2) is 24.8 Å². The van der Waals surface area contributed by atoms with Gasteiger partial charge in [0.15, 0.2) is 0 Å². The van der Waals surface area contributed by atoms with Crippen molar-refractivity contribution in [3.05, 3.63) is 71.8 Å². The van der Waals surface area contributed by atoms with Gasteiger partial charge in [-0.15, -0.1) is 0 Å². The smallest absolute Gasteiger partial charge is 0.315 e. The van der Waals surface area contributed by atoms with Crippen LogP contribution in [0.1, 0.15) is 38.8 Å². The van der Waals surface area contributed by atoms with E-state index in [1.54, 1.807) is 0 Å². The summed E-state index contributed by atoms with van der Waals surface area (Å²) in [5, 5.41) is 9.05. The second-order valence-corrected chi connectivity index (χ2v) is 6.89. The summed E-state index contributed by atoms with van der Waals surface area (Å²) in [6, 6.07) is 19.7. The van der Waals surface area contributed by atoms with E-state index in [2.05, 4.69) is 0 Å². The first-order chi connectivity index (χ1) is 11.3. The van der Waals surface area contributed by atoms with Gasteiger partial charge in [-0.1, -0.05) is 74.5 Å². The number of carbonyl (C=O) groups is 1. The highest BCUT2D eigenvalue weighted by atomic mass is 16.5. The number of rotatable bonds is 4. The monoisotopic (exact) mass is 328 g/mol. The molecule has 0 aliphatic heterocycles. The normalized spacial score (nSPS) is 11.2. The van der Waals surface area contributed by atoms with E-state index < -0.39 is 5.41 Å². The van der Waals surface area contributed by atoms with Gasteiger partial charge in [0.05, 0.1) is 19.1 Å². The van der Waals surface area contributed by atoms with Crippen molar-refractivity contribution in [1.29, 1.82) is 0 Å². The zero-order valence-electron chi connectivity index (χ0n) is 15.2. The van der Waals surface area contributed by atoms with Gasteiger partial charge in [0, 0.05) is 5.41 Å². The van der Waals surface area contributed by atoms with E-state index in [1.807, 2.05) is 88.4 Å². The second kappa shape index (κ2) is 8.65. The fourth-order valence-corrected chi connectivity index (χ4v) is 2.21. The summed E-state index contributed by atoms with van der Waals surface area (Å²) < 4.78 is 4.73. The first-order valence-corrected chi connectivity index (χ1v) is 8.06. The van der Waals surface area contributed by atoms with Crippen LogP contribution >= 0.6 is 0 Å². The average Bonchev–Trinajstić information content (AvgIpc) is 2.63. The summed E-state index contributed by atoms with van der Waals surface area (Å²) in [6.45, 7) is 7.96. The van der Waals surface area contributed by atoms with E-state index in [0.717, 1.165) is 5.56 Å². The molecule has 2 aromatic rings. The van der Waals surface area contributed by atoms with E-state index in [9.17, 15) is 4.79 Å². The molecular formula is C21H28O3. The molecule has 0 aliphatic carbocycles. The van der Waals surface area contributed by atoms with Gasteiger partial charge < -0.3 is 9.84 Å². The van der Waals surface area contributed by atoms with Gasteiger partial charge in [0.1, 0.15) is 0 Å². The van der Waals surface area contributed by atoms with Crippen molar-refractivity contribution < 1.29 is 14.6 Å². The van der Waals surface area contributed by atoms with E-state index in [4.69, 9.17) is 9.84 Å². The number of carbonyl (C=O) groups excluding carboxylic acids is 1. The Morgan fingerprint density at radius 1 is 0.875 bits per heavy atom. The SMILES string of the molecule is CC(C)(CO)c1ccccc1.COC(=O)C(C)(C)c1ccccc1. The van der Waals surface area contributed by atoms with Crippen LogP contribution in [0.15, 0.2) is 60.7 Å². The van der Waals surface area contributed by atoms with Gasteiger partial charge in [-0.25, -0.2) is 0 Å². The van der Waals surface area contributed by atoms with Crippen LogP contribution in [-0.2, 0) is 20.4 Å².